The number of carbonyl (C=O) groups is 2. The maximum absolute atomic E-state index is 13.5. The normalized spacial score (nSPS) is 24.0. The van der Waals surface area contributed by atoms with Gasteiger partial charge in [0, 0.05) is 0 Å². The molecule has 21 heavy (non-hydrogen) atoms. The molecule has 1 heterocycles. The van der Waals surface area contributed by atoms with Crippen LogP contribution < -0.4 is 0 Å². The fourth-order valence-electron chi connectivity index (χ4n) is 2.69. The van der Waals surface area contributed by atoms with Gasteiger partial charge in [-0.05, 0) is 37.2 Å². The van der Waals surface area contributed by atoms with Crippen molar-refractivity contribution in [2.75, 3.05) is 6.61 Å². The number of rotatable bonds is 5. The quantitative estimate of drug-likeness (QED) is 0.618. The van der Waals surface area contributed by atoms with E-state index >= 15 is 0 Å². The van der Waals surface area contributed by atoms with Gasteiger partial charge >= 0.3 is 5.97 Å². The number of cyclic esters (lactones) is 1. The molecular formula is C17H21FO3. The van der Waals surface area contributed by atoms with Crippen LogP contribution in [0.15, 0.2) is 30.3 Å². The summed E-state index contributed by atoms with van der Waals surface area (Å²) < 4.78 is 18.7. The highest BCUT2D eigenvalue weighted by Gasteiger charge is 2.35. The summed E-state index contributed by atoms with van der Waals surface area (Å²) in [7, 11) is 0. The van der Waals surface area contributed by atoms with E-state index in [4.69, 9.17) is 4.74 Å². The maximum Gasteiger partial charge on any atom is 0.316 e. The summed E-state index contributed by atoms with van der Waals surface area (Å²) in [5.41, 5.74) is 1.18. The lowest BCUT2D eigenvalue weighted by molar-refractivity contribution is -0.152. The van der Waals surface area contributed by atoms with Gasteiger partial charge in [0.1, 0.15) is 5.92 Å². The Bertz CT molecular complexity index is 486. The number of hydrogen-bond acceptors (Lipinski definition) is 3. The number of ketones is 1. The molecule has 1 saturated heterocycles. The van der Waals surface area contributed by atoms with Crippen LogP contribution in [-0.2, 0) is 20.7 Å². The van der Waals surface area contributed by atoms with E-state index in [1.54, 1.807) is 6.92 Å². The number of Topliss-reactive ketones (excluding diaryl/α,β-unsaturated/α-hetero) is 1. The Morgan fingerprint density at radius 2 is 2.05 bits per heavy atom. The fourth-order valence-corrected chi connectivity index (χ4v) is 2.69. The van der Waals surface area contributed by atoms with Gasteiger partial charge in [-0.15, -0.1) is 0 Å². The van der Waals surface area contributed by atoms with Gasteiger partial charge in [0.2, 0.25) is 0 Å². The Balaban J connectivity index is 1.97. The van der Waals surface area contributed by atoms with Crippen molar-refractivity contribution in [2.24, 2.45) is 11.8 Å². The molecule has 0 radical (unpaired) electrons. The van der Waals surface area contributed by atoms with Crippen molar-refractivity contribution in [1.82, 2.24) is 0 Å². The van der Waals surface area contributed by atoms with Crippen molar-refractivity contribution < 1.29 is 18.7 Å². The lowest BCUT2D eigenvalue weighted by atomic mass is 9.89. The fraction of sp³-hybridized carbons (Fsp3) is 0.529. The van der Waals surface area contributed by atoms with Crippen LogP contribution in [0, 0.1) is 11.8 Å². The third-order valence-electron chi connectivity index (χ3n) is 3.99. The summed E-state index contributed by atoms with van der Waals surface area (Å²) in [6.45, 7) is 1.91. The molecule has 0 saturated carbocycles. The SMILES string of the molecule is CC[C@H](F)C(=O)C1CC[C@@H](Cc2ccccc2)COC1=O. The number of alkyl halides is 1. The molecule has 1 unspecified atom stereocenters. The van der Waals surface area contributed by atoms with E-state index in [2.05, 4.69) is 0 Å². The van der Waals surface area contributed by atoms with Crippen molar-refractivity contribution in [1.29, 1.82) is 0 Å². The van der Waals surface area contributed by atoms with Gasteiger partial charge in [0.15, 0.2) is 12.0 Å². The van der Waals surface area contributed by atoms with Crippen LogP contribution in [0.4, 0.5) is 4.39 Å². The Morgan fingerprint density at radius 1 is 1.33 bits per heavy atom. The molecule has 2 rings (SSSR count). The summed E-state index contributed by atoms with van der Waals surface area (Å²) in [4.78, 5) is 23.7. The summed E-state index contributed by atoms with van der Waals surface area (Å²) >= 11 is 0. The monoisotopic (exact) mass is 292 g/mol. The zero-order valence-electron chi connectivity index (χ0n) is 12.3. The van der Waals surface area contributed by atoms with E-state index < -0.39 is 23.8 Å². The first-order chi connectivity index (χ1) is 10.1. The standard InChI is InChI=1S/C17H21FO3/c1-2-15(18)16(19)14-9-8-13(11-21-17(14)20)10-12-6-4-3-5-7-12/h3-7,13-15H,2,8-11H2,1H3/t13-,14?,15-/m0/s1. The van der Waals surface area contributed by atoms with Crippen LogP contribution in [0.1, 0.15) is 31.7 Å². The minimum Gasteiger partial charge on any atom is -0.465 e. The van der Waals surface area contributed by atoms with E-state index in [0.29, 0.717) is 19.4 Å². The lowest BCUT2D eigenvalue weighted by Crippen LogP contribution is -2.31. The Labute approximate surface area is 124 Å². The zero-order valence-corrected chi connectivity index (χ0v) is 12.3. The average Bonchev–Trinajstić information content (AvgIpc) is 2.69. The van der Waals surface area contributed by atoms with Gasteiger partial charge in [0.25, 0.3) is 0 Å². The number of esters is 1. The summed E-state index contributed by atoms with van der Waals surface area (Å²) in [5, 5.41) is 0. The van der Waals surface area contributed by atoms with Crippen LogP contribution in [0.2, 0.25) is 0 Å². The molecule has 0 N–H and O–H groups in total. The second kappa shape index (κ2) is 7.34. The predicted octanol–water partition coefficient (Wildman–Crippen LogP) is 3.12. The van der Waals surface area contributed by atoms with Crippen LogP contribution in [0.5, 0.6) is 0 Å². The smallest absolute Gasteiger partial charge is 0.316 e. The van der Waals surface area contributed by atoms with Gasteiger partial charge < -0.3 is 4.74 Å². The number of halogens is 1. The Kier molecular flexibility index (Phi) is 5.48. The highest BCUT2D eigenvalue weighted by atomic mass is 19.1. The Hall–Kier alpha value is -1.71. The van der Waals surface area contributed by atoms with Gasteiger partial charge in [-0.2, -0.15) is 0 Å². The van der Waals surface area contributed by atoms with E-state index in [1.807, 2.05) is 30.3 Å². The molecule has 0 bridgehead atoms. The van der Waals surface area contributed by atoms with Gasteiger partial charge in [0.05, 0.1) is 6.61 Å². The van der Waals surface area contributed by atoms with Crippen molar-refractivity contribution in [2.45, 2.75) is 38.8 Å². The van der Waals surface area contributed by atoms with E-state index in [-0.39, 0.29) is 12.3 Å². The largest absolute Gasteiger partial charge is 0.465 e. The third-order valence-corrected chi connectivity index (χ3v) is 3.99. The third kappa shape index (κ3) is 4.13. The molecular weight excluding hydrogens is 271 g/mol. The second-order valence-corrected chi connectivity index (χ2v) is 5.59. The molecule has 1 fully saturated rings. The Morgan fingerprint density at radius 3 is 2.71 bits per heavy atom. The number of hydrogen-bond donors (Lipinski definition) is 0. The first-order valence-corrected chi connectivity index (χ1v) is 7.50. The highest BCUT2D eigenvalue weighted by molar-refractivity contribution is 6.01. The van der Waals surface area contributed by atoms with Crippen molar-refractivity contribution >= 4 is 11.8 Å². The molecule has 114 valence electrons. The molecule has 0 amide bonds. The number of ether oxygens (including phenoxy) is 1. The van der Waals surface area contributed by atoms with Crippen LogP contribution in [-0.4, -0.2) is 24.5 Å². The molecule has 0 aromatic heterocycles. The molecule has 1 aromatic carbocycles. The van der Waals surface area contributed by atoms with Gasteiger partial charge in [-0.25, -0.2) is 4.39 Å². The van der Waals surface area contributed by atoms with Crippen molar-refractivity contribution in [3.8, 4) is 0 Å². The maximum atomic E-state index is 13.5. The second-order valence-electron chi connectivity index (χ2n) is 5.59. The van der Waals surface area contributed by atoms with Crippen molar-refractivity contribution in [3.05, 3.63) is 35.9 Å². The number of benzene rings is 1. The lowest BCUT2D eigenvalue weighted by Gasteiger charge is -2.13. The first kappa shape index (κ1) is 15.7. The van der Waals surface area contributed by atoms with E-state index in [0.717, 1.165) is 6.42 Å². The van der Waals surface area contributed by atoms with Crippen LogP contribution in [0.3, 0.4) is 0 Å². The molecule has 1 aliphatic heterocycles. The molecule has 3 atom stereocenters. The zero-order chi connectivity index (χ0) is 15.2. The van der Waals surface area contributed by atoms with Crippen LogP contribution >= 0.6 is 0 Å². The van der Waals surface area contributed by atoms with E-state index in [9.17, 15) is 14.0 Å². The predicted molar refractivity (Wildman–Crippen MR) is 77.5 cm³/mol. The van der Waals surface area contributed by atoms with E-state index in [1.165, 1.54) is 5.56 Å². The van der Waals surface area contributed by atoms with Gasteiger partial charge in [-0.1, -0.05) is 37.3 Å². The summed E-state index contributed by atoms with van der Waals surface area (Å²) in [6.07, 6.45) is 0.439. The molecule has 0 spiro atoms. The molecule has 3 nitrogen and oxygen atoms in total. The molecule has 0 aliphatic carbocycles. The molecule has 1 aromatic rings. The molecule has 4 heteroatoms. The first-order valence-electron chi connectivity index (χ1n) is 7.50. The minimum atomic E-state index is -1.56. The summed E-state index contributed by atoms with van der Waals surface area (Å²) in [5.74, 6) is -1.93. The molecule has 1 aliphatic rings. The highest BCUT2D eigenvalue weighted by Crippen LogP contribution is 2.25. The number of carbonyl (C=O) groups excluding carboxylic acids is 2. The topological polar surface area (TPSA) is 43.4 Å². The van der Waals surface area contributed by atoms with Crippen LogP contribution in [0.25, 0.3) is 0 Å². The minimum absolute atomic E-state index is 0.107. The average molecular weight is 292 g/mol. The van der Waals surface area contributed by atoms with Crippen molar-refractivity contribution in [3.63, 3.8) is 0 Å². The summed E-state index contributed by atoms with van der Waals surface area (Å²) in [6, 6.07) is 9.96. The van der Waals surface area contributed by atoms with Gasteiger partial charge in [-0.3, -0.25) is 9.59 Å².